The Balaban J connectivity index is 2.95. The molecule has 0 radical (unpaired) electrons. The number of rotatable bonds is 5. The lowest BCUT2D eigenvalue weighted by Crippen LogP contribution is -2.33. The van der Waals surface area contributed by atoms with Crippen molar-refractivity contribution in [2.45, 2.75) is 12.5 Å². The number of carbonyl (C=O) groups is 3. The number of hydrogen-bond acceptors (Lipinski definition) is 4. The Morgan fingerprint density at radius 2 is 2.00 bits per heavy atom. The van der Waals surface area contributed by atoms with Gasteiger partial charge in [0.2, 0.25) is 0 Å². The second kappa shape index (κ2) is 5.18. The zero-order chi connectivity index (χ0) is 12.1. The average molecular weight is 221 g/mol. The number of aliphatic carboxylic acids is 1. The molecule has 0 aliphatic rings. The van der Waals surface area contributed by atoms with E-state index in [-0.39, 0.29) is 11.1 Å². The van der Waals surface area contributed by atoms with Gasteiger partial charge in [-0.15, -0.1) is 0 Å². The Bertz CT molecular complexity index is 428. The highest BCUT2D eigenvalue weighted by molar-refractivity contribution is 6.06. The summed E-state index contributed by atoms with van der Waals surface area (Å²) >= 11 is 0. The predicted octanol–water partition coefficient (Wildman–Crippen LogP) is 0.484. The number of hydrogen-bond donors (Lipinski definition) is 2. The smallest absolute Gasteiger partial charge is 0.305 e. The van der Waals surface area contributed by atoms with Crippen LogP contribution in [0, 0.1) is 0 Å². The molecule has 1 aromatic carbocycles. The Morgan fingerprint density at radius 1 is 1.38 bits per heavy atom. The fraction of sp³-hybridized carbons (Fsp3) is 0.182. The third kappa shape index (κ3) is 2.74. The third-order valence-corrected chi connectivity index (χ3v) is 2.08. The van der Waals surface area contributed by atoms with Crippen LogP contribution in [0.25, 0.3) is 0 Å². The van der Waals surface area contributed by atoms with Crippen molar-refractivity contribution >= 4 is 18.0 Å². The second-order valence-electron chi connectivity index (χ2n) is 3.27. The minimum absolute atomic E-state index is 0.159. The van der Waals surface area contributed by atoms with E-state index >= 15 is 0 Å². The van der Waals surface area contributed by atoms with Crippen molar-refractivity contribution in [1.82, 2.24) is 0 Å². The molecule has 0 aromatic heterocycles. The van der Waals surface area contributed by atoms with Gasteiger partial charge in [-0.05, 0) is 0 Å². The van der Waals surface area contributed by atoms with Crippen molar-refractivity contribution in [2.75, 3.05) is 0 Å². The molecular weight excluding hydrogens is 210 g/mol. The van der Waals surface area contributed by atoms with Crippen molar-refractivity contribution in [3.05, 3.63) is 35.4 Å². The Hall–Kier alpha value is -2.01. The van der Waals surface area contributed by atoms with Crippen LogP contribution in [0.3, 0.4) is 0 Å². The first-order valence-corrected chi connectivity index (χ1v) is 4.62. The Labute approximate surface area is 91.9 Å². The quantitative estimate of drug-likeness (QED) is 0.556. The van der Waals surface area contributed by atoms with E-state index in [1.165, 1.54) is 12.1 Å². The molecule has 0 saturated heterocycles. The number of carbonyl (C=O) groups excluding carboxylic acids is 2. The molecule has 0 saturated carbocycles. The SMILES string of the molecule is N[C@@H](CC(=O)O)C(=O)c1ccccc1C=O. The maximum absolute atomic E-state index is 11.7. The van der Waals surface area contributed by atoms with Crippen molar-refractivity contribution in [1.29, 1.82) is 0 Å². The maximum atomic E-state index is 11.7. The highest BCUT2D eigenvalue weighted by Gasteiger charge is 2.20. The van der Waals surface area contributed by atoms with Gasteiger partial charge in [-0.3, -0.25) is 14.4 Å². The van der Waals surface area contributed by atoms with Crippen molar-refractivity contribution in [3.8, 4) is 0 Å². The second-order valence-corrected chi connectivity index (χ2v) is 3.27. The number of aldehydes is 1. The van der Waals surface area contributed by atoms with Crippen LogP contribution < -0.4 is 5.73 Å². The zero-order valence-electron chi connectivity index (χ0n) is 8.42. The molecule has 0 aliphatic heterocycles. The van der Waals surface area contributed by atoms with Gasteiger partial charge >= 0.3 is 5.97 Å². The normalized spacial score (nSPS) is 11.8. The van der Waals surface area contributed by atoms with Crippen molar-refractivity contribution < 1.29 is 19.5 Å². The molecule has 5 nitrogen and oxygen atoms in total. The monoisotopic (exact) mass is 221 g/mol. The molecule has 0 amide bonds. The van der Waals surface area contributed by atoms with Crippen LogP contribution in [-0.2, 0) is 4.79 Å². The third-order valence-electron chi connectivity index (χ3n) is 2.08. The summed E-state index contributed by atoms with van der Waals surface area (Å²) in [5.41, 5.74) is 5.80. The highest BCUT2D eigenvalue weighted by atomic mass is 16.4. The van der Waals surface area contributed by atoms with Gasteiger partial charge in [0.1, 0.15) is 0 Å². The van der Waals surface area contributed by atoms with Gasteiger partial charge in [0.05, 0.1) is 12.5 Å². The summed E-state index contributed by atoms with van der Waals surface area (Å²) in [6.07, 6.45) is 0.0900. The molecule has 5 heteroatoms. The van der Waals surface area contributed by atoms with Crippen molar-refractivity contribution in [2.24, 2.45) is 5.73 Å². The minimum atomic E-state index is -1.15. The average Bonchev–Trinajstić information content (AvgIpc) is 2.27. The van der Waals surface area contributed by atoms with Crippen LogP contribution in [-0.4, -0.2) is 29.2 Å². The molecular formula is C11H11NO4. The summed E-state index contributed by atoms with van der Waals surface area (Å²) in [6.45, 7) is 0. The largest absolute Gasteiger partial charge is 0.481 e. The molecule has 0 bridgehead atoms. The van der Waals surface area contributed by atoms with Crippen molar-refractivity contribution in [3.63, 3.8) is 0 Å². The molecule has 84 valence electrons. The van der Waals surface area contributed by atoms with E-state index in [0.29, 0.717) is 6.29 Å². The van der Waals surface area contributed by atoms with Crippen LogP contribution in [0.1, 0.15) is 27.1 Å². The number of carboxylic acid groups (broad SMARTS) is 1. The van der Waals surface area contributed by atoms with Gasteiger partial charge in [-0.2, -0.15) is 0 Å². The first-order valence-electron chi connectivity index (χ1n) is 4.62. The number of ketones is 1. The van der Waals surface area contributed by atoms with E-state index in [1.54, 1.807) is 12.1 Å². The lowest BCUT2D eigenvalue weighted by atomic mass is 9.98. The minimum Gasteiger partial charge on any atom is -0.481 e. The van der Waals surface area contributed by atoms with Gasteiger partial charge in [0.25, 0.3) is 0 Å². The maximum Gasteiger partial charge on any atom is 0.305 e. The predicted molar refractivity (Wildman–Crippen MR) is 56.4 cm³/mol. The van der Waals surface area contributed by atoms with Gasteiger partial charge in [-0.1, -0.05) is 24.3 Å². The molecule has 1 rings (SSSR count). The molecule has 1 atom stereocenters. The topological polar surface area (TPSA) is 97.5 Å². The fourth-order valence-corrected chi connectivity index (χ4v) is 1.30. The summed E-state index contributed by atoms with van der Waals surface area (Å²) in [5.74, 6) is -1.69. The first kappa shape index (κ1) is 12.1. The van der Waals surface area contributed by atoms with Crippen LogP contribution in [0.4, 0.5) is 0 Å². The summed E-state index contributed by atoms with van der Waals surface area (Å²) in [6, 6.07) is 5.01. The summed E-state index contributed by atoms with van der Waals surface area (Å²) in [7, 11) is 0. The summed E-state index contributed by atoms with van der Waals surface area (Å²) in [5, 5.41) is 8.50. The highest BCUT2D eigenvalue weighted by Crippen LogP contribution is 2.10. The zero-order valence-corrected chi connectivity index (χ0v) is 8.42. The number of carboxylic acids is 1. The summed E-state index contributed by atoms with van der Waals surface area (Å²) < 4.78 is 0. The standard InChI is InChI=1S/C11H11NO4/c12-9(5-10(14)15)11(16)8-4-2-1-3-7(8)6-13/h1-4,6,9H,5,12H2,(H,14,15)/t9-/m0/s1. The Kier molecular flexibility index (Phi) is 3.90. The van der Waals surface area contributed by atoms with E-state index in [9.17, 15) is 14.4 Å². The number of Topliss-reactive ketones (excluding diaryl/α,β-unsaturated/α-hetero) is 1. The van der Waals surface area contributed by atoms with Crippen LogP contribution in [0.15, 0.2) is 24.3 Å². The Morgan fingerprint density at radius 3 is 2.56 bits per heavy atom. The number of nitrogens with two attached hydrogens (primary N) is 1. The summed E-state index contributed by atoms with van der Waals surface area (Å²) in [4.78, 5) is 32.8. The first-order chi connectivity index (χ1) is 7.56. The molecule has 0 heterocycles. The van der Waals surface area contributed by atoms with E-state index in [2.05, 4.69) is 0 Å². The molecule has 16 heavy (non-hydrogen) atoms. The van der Waals surface area contributed by atoms with E-state index in [4.69, 9.17) is 10.8 Å². The molecule has 1 aromatic rings. The van der Waals surface area contributed by atoms with Gasteiger partial charge in [0.15, 0.2) is 12.1 Å². The van der Waals surface area contributed by atoms with E-state index in [0.717, 1.165) is 0 Å². The van der Waals surface area contributed by atoms with Crippen LogP contribution >= 0.6 is 0 Å². The number of benzene rings is 1. The van der Waals surface area contributed by atoms with Crippen LogP contribution in [0.2, 0.25) is 0 Å². The molecule has 0 aliphatic carbocycles. The lowest BCUT2D eigenvalue weighted by molar-refractivity contribution is -0.137. The van der Waals surface area contributed by atoms with Gasteiger partial charge in [0, 0.05) is 11.1 Å². The lowest BCUT2D eigenvalue weighted by Gasteiger charge is -2.09. The van der Waals surface area contributed by atoms with Crippen LogP contribution in [0.5, 0.6) is 0 Å². The van der Waals surface area contributed by atoms with E-state index in [1.807, 2.05) is 0 Å². The van der Waals surface area contributed by atoms with Gasteiger partial charge in [-0.25, -0.2) is 0 Å². The molecule has 3 N–H and O–H groups in total. The molecule has 0 fully saturated rings. The molecule has 0 unspecified atom stereocenters. The molecule has 0 spiro atoms. The van der Waals surface area contributed by atoms with E-state index < -0.39 is 24.2 Å². The van der Waals surface area contributed by atoms with Gasteiger partial charge < -0.3 is 10.8 Å². The fourth-order valence-electron chi connectivity index (χ4n) is 1.30.